The maximum absolute atomic E-state index is 12.3. The summed E-state index contributed by atoms with van der Waals surface area (Å²) in [7, 11) is 0. The Morgan fingerprint density at radius 2 is 1.76 bits per heavy atom. The van der Waals surface area contributed by atoms with Crippen molar-refractivity contribution in [1.29, 1.82) is 5.26 Å². The Balaban J connectivity index is 2.65. The summed E-state index contributed by atoms with van der Waals surface area (Å²) in [6.45, 7) is 0. The van der Waals surface area contributed by atoms with Crippen molar-refractivity contribution in [1.82, 2.24) is 0 Å². The van der Waals surface area contributed by atoms with E-state index in [-0.39, 0.29) is 5.43 Å². The van der Waals surface area contributed by atoms with Crippen molar-refractivity contribution in [3.8, 4) is 6.07 Å². The number of nitrogens with zero attached hydrogens (tertiary/aromatic N) is 1. The highest BCUT2D eigenvalue weighted by Crippen LogP contribution is 2.26. The van der Waals surface area contributed by atoms with Gasteiger partial charge >= 0.3 is 0 Å². The van der Waals surface area contributed by atoms with E-state index in [9.17, 15) is 4.79 Å². The summed E-state index contributed by atoms with van der Waals surface area (Å²) < 4.78 is 1.70. The molecule has 0 aliphatic rings. The average molecular weight is 237 g/mol. The summed E-state index contributed by atoms with van der Waals surface area (Å²) in [5, 5.41) is 10.4. The number of benzene rings is 2. The van der Waals surface area contributed by atoms with E-state index in [1.54, 1.807) is 18.2 Å². The largest absolute Gasteiger partial charge is 0.289 e. The van der Waals surface area contributed by atoms with Gasteiger partial charge < -0.3 is 0 Å². The molecule has 0 aliphatic carbocycles. The third-order valence-corrected chi connectivity index (χ3v) is 3.94. The average Bonchev–Trinajstić information content (AvgIpc) is 2.38. The summed E-state index contributed by atoms with van der Waals surface area (Å²) in [6.07, 6.45) is 0. The lowest BCUT2D eigenvalue weighted by Gasteiger charge is -2.01. The quantitative estimate of drug-likeness (QED) is 0.563. The molecule has 0 saturated carbocycles. The van der Waals surface area contributed by atoms with E-state index in [1.165, 1.54) is 11.3 Å². The molecule has 1 aromatic heterocycles. The van der Waals surface area contributed by atoms with Crippen LogP contribution in [0, 0.1) is 11.3 Å². The fraction of sp³-hybridized carbons (Fsp3) is 0. The molecular weight excluding hydrogens is 230 g/mol. The minimum Gasteiger partial charge on any atom is -0.289 e. The van der Waals surface area contributed by atoms with Crippen LogP contribution in [0.25, 0.3) is 20.2 Å². The van der Waals surface area contributed by atoms with Crippen molar-refractivity contribution in [2.75, 3.05) is 0 Å². The molecule has 0 unspecified atom stereocenters. The first-order valence-corrected chi connectivity index (χ1v) is 5.97. The maximum Gasteiger partial charge on any atom is 0.195 e. The zero-order valence-electron chi connectivity index (χ0n) is 8.81. The normalized spacial score (nSPS) is 10.5. The molecule has 17 heavy (non-hydrogen) atoms. The van der Waals surface area contributed by atoms with Gasteiger partial charge in [0.2, 0.25) is 0 Å². The van der Waals surface area contributed by atoms with Crippen LogP contribution in [0.3, 0.4) is 0 Å². The standard InChI is InChI=1S/C14H7NOS/c15-8-9-4-3-6-11-13(16)10-5-1-2-7-12(10)17-14(9)11/h1-7H. The Labute approximate surface area is 101 Å². The Hall–Kier alpha value is -2.18. The Bertz CT molecular complexity index is 827. The van der Waals surface area contributed by atoms with Crippen LogP contribution in [0.1, 0.15) is 5.56 Å². The molecule has 3 heteroatoms. The van der Waals surface area contributed by atoms with Crippen LogP contribution in [0.5, 0.6) is 0 Å². The molecule has 0 fully saturated rings. The van der Waals surface area contributed by atoms with Crippen LogP contribution in [0.4, 0.5) is 0 Å². The van der Waals surface area contributed by atoms with E-state index in [1.807, 2.05) is 24.3 Å². The van der Waals surface area contributed by atoms with Crippen LogP contribution < -0.4 is 5.43 Å². The van der Waals surface area contributed by atoms with Crippen molar-refractivity contribution in [3.63, 3.8) is 0 Å². The second kappa shape index (κ2) is 3.69. The van der Waals surface area contributed by atoms with Crippen molar-refractivity contribution in [2.45, 2.75) is 0 Å². The zero-order valence-corrected chi connectivity index (χ0v) is 9.62. The second-order valence-electron chi connectivity index (χ2n) is 3.72. The van der Waals surface area contributed by atoms with Gasteiger partial charge in [-0.25, -0.2) is 0 Å². The summed E-state index contributed by atoms with van der Waals surface area (Å²) in [6, 6.07) is 14.9. The number of nitriles is 1. The van der Waals surface area contributed by atoms with Crippen LogP contribution in [0.15, 0.2) is 47.3 Å². The Kier molecular flexibility index (Phi) is 2.17. The van der Waals surface area contributed by atoms with Gasteiger partial charge in [-0.15, -0.1) is 11.3 Å². The SMILES string of the molecule is N#Cc1cccc2c(=O)c3ccccc3sc12. The predicted molar refractivity (Wildman–Crippen MR) is 70.3 cm³/mol. The van der Waals surface area contributed by atoms with E-state index in [4.69, 9.17) is 5.26 Å². The molecule has 3 rings (SSSR count). The molecular formula is C14H7NOS. The lowest BCUT2D eigenvalue weighted by molar-refractivity contribution is 1.51. The van der Waals surface area contributed by atoms with Crippen LogP contribution in [-0.2, 0) is 0 Å². The lowest BCUT2D eigenvalue weighted by Crippen LogP contribution is -2.01. The molecule has 0 amide bonds. The highest BCUT2D eigenvalue weighted by atomic mass is 32.1. The molecule has 0 atom stereocenters. The highest BCUT2D eigenvalue weighted by Gasteiger charge is 2.07. The molecule has 0 radical (unpaired) electrons. The van der Waals surface area contributed by atoms with E-state index >= 15 is 0 Å². The molecule has 0 bridgehead atoms. The molecule has 0 N–H and O–H groups in total. The first kappa shape index (κ1) is 10.0. The molecule has 80 valence electrons. The molecule has 0 saturated heterocycles. The van der Waals surface area contributed by atoms with Gasteiger partial charge in [0.05, 0.1) is 10.3 Å². The predicted octanol–water partition coefficient (Wildman–Crippen LogP) is 3.29. The smallest absolute Gasteiger partial charge is 0.195 e. The molecule has 0 aliphatic heterocycles. The van der Waals surface area contributed by atoms with Crippen molar-refractivity contribution >= 4 is 31.5 Å². The van der Waals surface area contributed by atoms with Crippen LogP contribution in [0.2, 0.25) is 0 Å². The maximum atomic E-state index is 12.3. The zero-order chi connectivity index (χ0) is 11.8. The molecule has 1 heterocycles. The first-order valence-electron chi connectivity index (χ1n) is 5.16. The summed E-state index contributed by atoms with van der Waals surface area (Å²) >= 11 is 1.49. The second-order valence-corrected chi connectivity index (χ2v) is 4.77. The first-order chi connectivity index (χ1) is 8.31. The van der Waals surface area contributed by atoms with Gasteiger partial charge in [0.25, 0.3) is 0 Å². The number of hydrogen-bond acceptors (Lipinski definition) is 3. The van der Waals surface area contributed by atoms with Crippen LogP contribution >= 0.6 is 11.3 Å². The molecule has 2 aromatic carbocycles. The van der Waals surface area contributed by atoms with E-state index in [2.05, 4.69) is 6.07 Å². The Morgan fingerprint density at radius 3 is 2.59 bits per heavy atom. The van der Waals surface area contributed by atoms with E-state index < -0.39 is 0 Å². The summed E-state index contributed by atoms with van der Waals surface area (Å²) in [5.74, 6) is 0. The molecule has 0 spiro atoms. The Morgan fingerprint density at radius 1 is 1.00 bits per heavy atom. The number of fused-ring (bicyclic) bond motifs is 2. The van der Waals surface area contributed by atoms with E-state index in [0.29, 0.717) is 10.9 Å². The minimum atomic E-state index is 0.00597. The third kappa shape index (κ3) is 1.42. The van der Waals surface area contributed by atoms with Gasteiger partial charge in [0.15, 0.2) is 5.43 Å². The van der Waals surface area contributed by atoms with Gasteiger partial charge in [0, 0.05) is 15.5 Å². The van der Waals surface area contributed by atoms with E-state index in [0.717, 1.165) is 14.8 Å². The van der Waals surface area contributed by atoms with Gasteiger partial charge in [-0.1, -0.05) is 18.2 Å². The highest BCUT2D eigenvalue weighted by molar-refractivity contribution is 7.24. The van der Waals surface area contributed by atoms with Gasteiger partial charge in [-0.2, -0.15) is 5.26 Å². The van der Waals surface area contributed by atoms with Crippen LogP contribution in [-0.4, -0.2) is 0 Å². The van der Waals surface area contributed by atoms with Crippen molar-refractivity contribution < 1.29 is 0 Å². The topological polar surface area (TPSA) is 40.9 Å². The molecule has 3 aromatic rings. The number of rotatable bonds is 0. The fourth-order valence-corrected chi connectivity index (χ4v) is 3.04. The monoisotopic (exact) mass is 237 g/mol. The van der Waals surface area contributed by atoms with Gasteiger partial charge in [0.1, 0.15) is 6.07 Å². The number of hydrogen-bond donors (Lipinski definition) is 0. The lowest BCUT2D eigenvalue weighted by atomic mass is 10.1. The third-order valence-electron chi connectivity index (χ3n) is 2.72. The fourth-order valence-electron chi connectivity index (χ4n) is 1.91. The van der Waals surface area contributed by atoms with Crippen molar-refractivity contribution in [3.05, 3.63) is 58.3 Å². The van der Waals surface area contributed by atoms with Gasteiger partial charge in [-0.3, -0.25) is 4.79 Å². The summed E-state index contributed by atoms with van der Waals surface area (Å²) in [5.41, 5.74) is 0.571. The summed E-state index contributed by atoms with van der Waals surface area (Å²) in [4.78, 5) is 12.3. The molecule has 2 nitrogen and oxygen atoms in total. The van der Waals surface area contributed by atoms with Crippen molar-refractivity contribution in [2.24, 2.45) is 0 Å². The minimum absolute atomic E-state index is 0.00597. The van der Waals surface area contributed by atoms with Gasteiger partial charge in [-0.05, 0) is 24.3 Å².